The van der Waals surface area contributed by atoms with Gasteiger partial charge in [0.05, 0.1) is 23.1 Å². The summed E-state index contributed by atoms with van der Waals surface area (Å²) in [6.45, 7) is 0. The number of methoxy groups -OCH3 is 1. The minimum Gasteiger partial charge on any atom is -0.465 e. The van der Waals surface area contributed by atoms with Gasteiger partial charge in [0.15, 0.2) is 5.16 Å². The number of hydrogen-bond acceptors (Lipinski definition) is 8. The molecule has 0 aliphatic carbocycles. The number of para-hydroxylation sites is 1. The van der Waals surface area contributed by atoms with Crippen LogP contribution in [0.15, 0.2) is 65.1 Å². The molecule has 0 spiro atoms. The van der Waals surface area contributed by atoms with Gasteiger partial charge in [0.25, 0.3) is 0 Å². The molecule has 2 aromatic carbocycles. The first-order valence-electron chi connectivity index (χ1n) is 9.56. The number of benzene rings is 2. The Morgan fingerprint density at radius 3 is 2.69 bits per heavy atom. The average molecular weight is 481 g/mol. The zero-order valence-electron chi connectivity index (χ0n) is 16.8. The number of thiophene rings is 1. The van der Waals surface area contributed by atoms with Crippen LogP contribution in [0.1, 0.15) is 10.4 Å². The van der Waals surface area contributed by atoms with Gasteiger partial charge in [0, 0.05) is 10.9 Å². The molecule has 10 heteroatoms. The molecule has 5 rings (SSSR count). The van der Waals surface area contributed by atoms with Crippen molar-refractivity contribution in [3.63, 3.8) is 0 Å². The van der Waals surface area contributed by atoms with Crippen molar-refractivity contribution in [1.82, 2.24) is 14.6 Å². The number of thioether (sulfide) groups is 1. The highest BCUT2D eigenvalue weighted by Crippen LogP contribution is 2.36. The molecule has 0 saturated heterocycles. The number of esters is 1. The smallest absolute Gasteiger partial charge is 0.341 e. The summed E-state index contributed by atoms with van der Waals surface area (Å²) in [5.74, 6) is -0.598. The van der Waals surface area contributed by atoms with Crippen LogP contribution in [-0.4, -0.2) is 39.3 Å². The summed E-state index contributed by atoms with van der Waals surface area (Å²) in [7, 11) is 1.33. The minimum atomic E-state index is -0.489. The molecule has 160 valence electrons. The Balaban J connectivity index is 1.36. The van der Waals surface area contributed by atoms with Gasteiger partial charge in [0.2, 0.25) is 10.9 Å². The summed E-state index contributed by atoms with van der Waals surface area (Å²) in [5.41, 5.74) is 2.98. The Morgan fingerprint density at radius 2 is 1.88 bits per heavy atom. The van der Waals surface area contributed by atoms with Crippen LogP contribution in [0.25, 0.3) is 26.3 Å². The highest BCUT2D eigenvalue weighted by atomic mass is 32.2. The van der Waals surface area contributed by atoms with Gasteiger partial charge in [-0.05, 0) is 17.7 Å². The normalized spacial score (nSPS) is 11.2. The highest BCUT2D eigenvalue weighted by Gasteiger charge is 2.22. The first-order chi connectivity index (χ1) is 15.7. The molecule has 0 aliphatic rings. The van der Waals surface area contributed by atoms with Crippen molar-refractivity contribution in [2.45, 2.75) is 5.16 Å². The lowest BCUT2D eigenvalue weighted by Gasteiger charge is -2.07. The summed E-state index contributed by atoms with van der Waals surface area (Å²) in [6.07, 6.45) is 0. The molecular formula is C22H16N4O3S3. The lowest BCUT2D eigenvalue weighted by Crippen LogP contribution is -2.16. The maximum absolute atomic E-state index is 12.7. The van der Waals surface area contributed by atoms with E-state index < -0.39 is 5.97 Å². The van der Waals surface area contributed by atoms with Crippen molar-refractivity contribution >= 4 is 66.5 Å². The predicted octanol–water partition coefficient (Wildman–Crippen LogP) is 5.19. The third-order valence-electron chi connectivity index (χ3n) is 4.76. The Hall–Kier alpha value is -3.21. The molecular weight excluding hydrogens is 464 g/mol. The Morgan fingerprint density at radius 1 is 1.09 bits per heavy atom. The van der Waals surface area contributed by atoms with E-state index in [0.29, 0.717) is 15.7 Å². The van der Waals surface area contributed by atoms with Crippen LogP contribution in [0.2, 0.25) is 0 Å². The van der Waals surface area contributed by atoms with E-state index in [2.05, 4.69) is 15.5 Å². The fourth-order valence-electron chi connectivity index (χ4n) is 3.33. The molecule has 1 N–H and O–H groups in total. The van der Waals surface area contributed by atoms with Crippen LogP contribution in [0.3, 0.4) is 0 Å². The minimum absolute atomic E-state index is 0.129. The van der Waals surface area contributed by atoms with Crippen LogP contribution >= 0.6 is 34.4 Å². The fraction of sp³-hybridized carbons (Fsp3) is 0.0909. The number of ether oxygens (including phenoxy) is 1. The molecule has 3 aromatic heterocycles. The van der Waals surface area contributed by atoms with E-state index in [0.717, 1.165) is 26.3 Å². The monoisotopic (exact) mass is 480 g/mol. The topological polar surface area (TPSA) is 85.6 Å². The molecule has 0 unspecified atom stereocenters. The molecule has 0 bridgehead atoms. The van der Waals surface area contributed by atoms with Crippen molar-refractivity contribution in [3.8, 4) is 11.1 Å². The fourth-order valence-corrected chi connectivity index (χ4v) is 6.07. The molecule has 0 saturated carbocycles. The van der Waals surface area contributed by atoms with Crippen LogP contribution < -0.4 is 5.32 Å². The number of rotatable bonds is 6. The van der Waals surface area contributed by atoms with Crippen LogP contribution in [-0.2, 0) is 9.53 Å². The third kappa shape index (κ3) is 3.77. The van der Waals surface area contributed by atoms with E-state index in [1.165, 1.54) is 30.2 Å². The summed E-state index contributed by atoms with van der Waals surface area (Å²) in [6, 6.07) is 17.5. The van der Waals surface area contributed by atoms with E-state index in [9.17, 15) is 9.59 Å². The first-order valence-corrected chi connectivity index (χ1v) is 12.2. The van der Waals surface area contributed by atoms with Gasteiger partial charge in [-0.3, -0.25) is 9.20 Å². The van der Waals surface area contributed by atoms with Gasteiger partial charge in [0.1, 0.15) is 10.6 Å². The molecule has 0 radical (unpaired) electrons. The van der Waals surface area contributed by atoms with E-state index in [1.807, 2.05) is 64.4 Å². The lowest BCUT2D eigenvalue weighted by atomic mass is 10.0. The van der Waals surface area contributed by atoms with Gasteiger partial charge in [-0.15, -0.1) is 21.5 Å². The van der Waals surface area contributed by atoms with E-state index in [-0.39, 0.29) is 11.7 Å². The molecule has 0 atom stereocenters. The molecule has 1 amide bonds. The molecule has 3 heterocycles. The summed E-state index contributed by atoms with van der Waals surface area (Å²) >= 11 is 4.15. The van der Waals surface area contributed by atoms with Crippen molar-refractivity contribution in [3.05, 3.63) is 65.5 Å². The second-order valence-corrected chi connectivity index (χ2v) is 9.55. The van der Waals surface area contributed by atoms with Crippen molar-refractivity contribution < 1.29 is 14.3 Å². The van der Waals surface area contributed by atoms with Gasteiger partial charge < -0.3 is 10.1 Å². The van der Waals surface area contributed by atoms with Gasteiger partial charge in [-0.25, -0.2) is 4.79 Å². The molecule has 32 heavy (non-hydrogen) atoms. The number of aromatic nitrogens is 3. The predicted molar refractivity (Wildman–Crippen MR) is 129 cm³/mol. The largest absolute Gasteiger partial charge is 0.465 e. The number of fused-ring (bicyclic) bond motifs is 3. The molecule has 5 aromatic rings. The van der Waals surface area contributed by atoms with Crippen molar-refractivity contribution in [2.75, 3.05) is 18.2 Å². The number of carbonyl (C=O) groups excluding carboxylic acids is 2. The van der Waals surface area contributed by atoms with Crippen LogP contribution in [0, 0.1) is 0 Å². The molecule has 0 aliphatic heterocycles. The first kappa shape index (κ1) is 20.7. The van der Waals surface area contributed by atoms with Gasteiger partial charge in [-0.1, -0.05) is 65.6 Å². The number of carbonyl (C=O) groups is 2. The van der Waals surface area contributed by atoms with Crippen LogP contribution in [0.5, 0.6) is 0 Å². The Labute approximate surface area is 195 Å². The number of amides is 1. The zero-order valence-corrected chi connectivity index (χ0v) is 19.2. The maximum Gasteiger partial charge on any atom is 0.341 e. The number of anilines is 1. The number of hydrogen-bond donors (Lipinski definition) is 1. The van der Waals surface area contributed by atoms with Crippen molar-refractivity contribution in [2.24, 2.45) is 0 Å². The maximum atomic E-state index is 12.7. The SMILES string of the molecule is COC(=O)c1c(-c2ccccc2)csc1NC(=O)CSc1nnc2sc3ccccc3n12. The Bertz CT molecular complexity index is 1440. The molecule has 0 fully saturated rings. The quantitative estimate of drug-likeness (QED) is 0.266. The molecule has 7 nitrogen and oxygen atoms in total. The number of nitrogens with one attached hydrogen (secondary N) is 1. The second-order valence-electron chi connectivity index (χ2n) is 6.72. The average Bonchev–Trinajstić information content (AvgIpc) is 3.51. The van der Waals surface area contributed by atoms with E-state index in [1.54, 1.807) is 11.3 Å². The van der Waals surface area contributed by atoms with Crippen molar-refractivity contribution in [1.29, 1.82) is 0 Å². The number of nitrogens with zero attached hydrogens (tertiary/aromatic N) is 3. The third-order valence-corrected chi connectivity index (χ3v) is 7.60. The summed E-state index contributed by atoms with van der Waals surface area (Å²) in [5, 5.41) is 14.3. The summed E-state index contributed by atoms with van der Waals surface area (Å²) < 4.78 is 8.03. The van der Waals surface area contributed by atoms with Gasteiger partial charge in [-0.2, -0.15) is 0 Å². The van der Waals surface area contributed by atoms with Gasteiger partial charge >= 0.3 is 5.97 Å². The second kappa shape index (κ2) is 8.73. The standard InChI is InChI=1S/C22H16N4O3S3/c1-29-20(28)18-14(13-7-3-2-4-8-13)11-30-19(18)23-17(27)12-31-21-24-25-22-26(21)15-9-5-6-10-16(15)32-22/h2-11H,12H2,1H3,(H,23,27). The van der Waals surface area contributed by atoms with E-state index in [4.69, 9.17) is 4.74 Å². The number of thiazole rings is 1. The van der Waals surface area contributed by atoms with Crippen LogP contribution in [0.4, 0.5) is 5.00 Å². The van der Waals surface area contributed by atoms with E-state index >= 15 is 0 Å². The Kier molecular flexibility index (Phi) is 5.64. The highest BCUT2D eigenvalue weighted by molar-refractivity contribution is 7.99. The summed E-state index contributed by atoms with van der Waals surface area (Å²) in [4.78, 5) is 26.0. The zero-order chi connectivity index (χ0) is 22.1. The lowest BCUT2D eigenvalue weighted by molar-refractivity contribution is -0.113.